The molecule has 5 aliphatic carbocycles. The molecular formula is C30H50O3. The van der Waals surface area contributed by atoms with Crippen LogP contribution in [0.5, 0.6) is 0 Å². The molecule has 0 aromatic heterocycles. The third-order valence-electron chi connectivity index (χ3n) is 14.3. The first-order chi connectivity index (χ1) is 15.4. The van der Waals surface area contributed by atoms with Crippen LogP contribution in [0.2, 0.25) is 0 Å². The Kier molecular flexibility index (Phi) is 4.80. The molecule has 2 N–H and O–H groups in total. The summed E-state index contributed by atoms with van der Waals surface area (Å²) in [6.45, 7) is 16.4. The topological polar surface area (TPSA) is 53.0 Å². The summed E-state index contributed by atoms with van der Waals surface area (Å²) in [6, 6.07) is 0. The Morgan fingerprint density at radius 3 is 2.12 bits per heavy atom. The third-order valence-corrected chi connectivity index (χ3v) is 14.3. The minimum Gasteiger partial charge on any atom is -0.396 e. The molecular weight excluding hydrogens is 408 g/mol. The minimum absolute atomic E-state index is 0.0269. The van der Waals surface area contributed by atoms with Gasteiger partial charge in [-0.2, -0.15) is 0 Å². The van der Waals surface area contributed by atoms with Gasteiger partial charge in [0.2, 0.25) is 0 Å². The van der Waals surface area contributed by atoms with Crippen molar-refractivity contribution in [1.29, 1.82) is 0 Å². The highest BCUT2D eigenvalue weighted by Crippen LogP contribution is 2.78. The zero-order valence-corrected chi connectivity index (χ0v) is 22.3. The van der Waals surface area contributed by atoms with Crippen molar-refractivity contribution in [2.24, 2.45) is 56.7 Å². The van der Waals surface area contributed by atoms with E-state index in [0.717, 1.165) is 24.9 Å². The summed E-state index contributed by atoms with van der Waals surface area (Å²) < 4.78 is 6.08. The predicted octanol–water partition coefficient (Wildman–Crippen LogP) is 6.21. The second-order valence-electron chi connectivity index (χ2n) is 15.3. The number of aliphatic hydroxyl groups excluding tert-OH is 2. The average molecular weight is 459 g/mol. The Labute approximate surface area is 202 Å². The van der Waals surface area contributed by atoms with E-state index in [2.05, 4.69) is 41.5 Å². The lowest BCUT2D eigenvalue weighted by Crippen LogP contribution is -2.67. The number of rotatable bonds is 2. The van der Waals surface area contributed by atoms with Gasteiger partial charge < -0.3 is 14.9 Å². The molecule has 0 unspecified atom stereocenters. The third kappa shape index (κ3) is 2.69. The van der Waals surface area contributed by atoms with Crippen LogP contribution in [0, 0.1) is 56.7 Å². The zero-order valence-electron chi connectivity index (χ0n) is 22.3. The van der Waals surface area contributed by atoms with E-state index < -0.39 is 0 Å². The van der Waals surface area contributed by atoms with Gasteiger partial charge in [0.15, 0.2) is 0 Å². The second kappa shape index (κ2) is 6.80. The van der Waals surface area contributed by atoms with Gasteiger partial charge in [0.1, 0.15) is 0 Å². The van der Waals surface area contributed by atoms with Gasteiger partial charge in [0, 0.05) is 6.61 Å². The van der Waals surface area contributed by atoms with Crippen LogP contribution in [0.1, 0.15) is 106 Å². The average Bonchev–Trinajstić information content (AvgIpc) is 3.38. The number of epoxide rings is 1. The highest BCUT2D eigenvalue weighted by Gasteiger charge is 2.72. The van der Waals surface area contributed by atoms with Gasteiger partial charge in [-0.05, 0) is 128 Å². The van der Waals surface area contributed by atoms with E-state index >= 15 is 0 Å². The van der Waals surface area contributed by atoms with E-state index in [-0.39, 0.29) is 22.5 Å². The summed E-state index contributed by atoms with van der Waals surface area (Å²) in [5.74, 6) is 3.36. The summed E-state index contributed by atoms with van der Waals surface area (Å²) in [5.41, 5.74) is 1.30. The Morgan fingerprint density at radius 2 is 1.45 bits per heavy atom. The lowest BCUT2D eigenvalue weighted by atomic mass is 9.32. The molecule has 0 spiro atoms. The molecule has 5 saturated carbocycles. The summed E-state index contributed by atoms with van der Waals surface area (Å²) >= 11 is 0. The Bertz CT molecular complexity index is 817. The number of ether oxygens (including phenoxy) is 1. The Hall–Kier alpha value is -0.120. The van der Waals surface area contributed by atoms with E-state index in [1.165, 1.54) is 57.8 Å². The first kappa shape index (κ1) is 23.3. The quantitative estimate of drug-likeness (QED) is 0.484. The number of fused-ring (bicyclic) bond motifs is 7. The van der Waals surface area contributed by atoms with Crippen LogP contribution in [-0.4, -0.2) is 35.1 Å². The Morgan fingerprint density at radius 1 is 0.727 bits per heavy atom. The lowest BCUT2D eigenvalue weighted by molar-refractivity contribution is -0.251. The summed E-state index contributed by atoms with van der Waals surface area (Å²) in [5, 5.41) is 21.7. The van der Waals surface area contributed by atoms with Crippen LogP contribution in [0.15, 0.2) is 0 Å². The predicted molar refractivity (Wildman–Crippen MR) is 132 cm³/mol. The van der Waals surface area contributed by atoms with E-state index in [1.54, 1.807) is 0 Å². The van der Waals surface area contributed by atoms with Crippen molar-refractivity contribution >= 4 is 0 Å². The van der Waals surface area contributed by atoms with Crippen molar-refractivity contribution in [3.05, 3.63) is 0 Å². The van der Waals surface area contributed by atoms with Gasteiger partial charge in [0.25, 0.3) is 0 Å². The number of hydrogen-bond acceptors (Lipinski definition) is 3. The fourth-order valence-electron chi connectivity index (χ4n) is 12.0. The molecule has 1 aliphatic heterocycles. The molecule has 1 saturated heterocycles. The standard InChI is InChI=1S/C30H50O3/c1-25(2)21-10-13-28(5)22(26(21,3)12-11-23(25)32)8-7-19-24-20(29(6)18-33-29)9-14-30(24,17-31)16-15-27(19,28)4/h19-24,31-32H,7-18H2,1-6H3/t19-,20-,21+,22-,23+,24-,26+,27-,28-,29+,30-/m1/s1. The molecule has 3 heteroatoms. The van der Waals surface area contributed by atoms with Gasteiger partial charge in [-0.15, -0.1) is 0 Å². The summed E-state index contributed by atoms with van der Waals surface area (Å²) in [6.07, 6.45) is 12.2. The van der Waals surface area contributed by atoms with Crippen molar-refractivity contribution in [1.82, 2.24) is 0 Å². The van der Waals surface area contributed by atoms with Gasteiger partial charge in [-0.1, -0.05) is 34.6 Å². The van der Waals surface area contributed by atoms with Crippen LogP contribution < -0.4 is 0 Å². The molecule has 6 aliphatic rings. The summed E-state index contributed by atoms with van der Waals surface area (Å²) in [7, 11) is 0. The molecule has 0 amide bonds. The van der Waals surface area contributed by atoms with Crippen LogP contribution >= 0.6 is 0 Å². The molecule has 188 valence electrons. The maximum atomic E-state index is 10.9. The number of aliphatic hydroxyl groups is 2. The highest BCUT2D eigenvalue weighted by atomic mass is 16.6. The highest BCUT2D eigenvalue weighted by molar-refractivity contribution is 5.21. The first-order valence-electron chi connectivity index (χ1n) is 14.3. The molecule has 0 aromatic rings. The molecule has 0 aromatic carbocycles. The van der Waals surface area contributed by atoms with Crippen molar-refractivity contribution in [3.8, 4) is 0 Å². The van der Waals surface area contributed by atoms with Gasteiger partial charge in [-0.3, -0.25) is 0 Å². The van der Waals surface area contributed by atoms with Crippen LogP contribution in [0.3, 0.4) is 0 Å². The number of hydrogen-bond donors (Lipinski definition) is 2. The van der Waals surface area contributed by atoms with E-state index in [0.29, 0.717) is 40.6 Å². The minimum atomic E-state index is -0.148. The Balaban J connectivity index is 1.39. The van der Waals surface area contributed by atoms with E-state index in [1.807, 2.05) is 0 Å². The van der Waals surface area contributed by atoms with Crippen molar-refractivity contribution in [2.45, 2.75) is 117 Å². The smallest absolute Gasteiger partial charge is 0.0919 e. The molecule has 6 rings (SSSR count). The summed E-state index contributed by atoms with van der Waals surface area (Å²) in [4.78, 5) is 0. The van der Waals surface area contributed by atoms with E-state index in [4.69, 9.17) is 4.74 Å². The molecule has 33 heavy (non-hydrogen) atoms. The fourth-order valence-corrected chi connectivity index (χ4v) is 12.0. The normalized spacial score (nSPS) is 61.5. The van der Waals surface area contributed by atoms with Crippen LogP contribution in [0.4, 0.5) is 0 Å². The molecule has 0 radical (unpaired) electrons. The van der Waals surface area contributed by atoms with Crippen LogP contribution in [0.25, 0.3) is 0 Å². The second-order valence-corrected chi connectivity index (χ2v) is 15.3. The van der Waals surface area contributed by atoms with Crippen molar-refractivity contribution < 1.29 is 14.9 Å². The SMILES string of the molecule is CC1(C)[C@@H](O)CC[C@]2(C)[C@H]3CC[C@@H]4[C@@H]5[C@H]([C@]6(C)CO6)CC[C@]5(CO)CC[C@@]4(C)[C@]3(C)CC[C@@H]12. The molecule has 6 fully saturated rings. The maximum absolute atomic E-state index is 10.9. The lowest BCUT2D eigenvalue weighted by Gasteiger charge is -2.73. The van der Waals surface area contributed by atoms with Gasteiger partial charge in [0.05, 0.1) is 18.3 Å². The van der Waals surface area contributed by atoms with Crippen molar-refractivity contribution in [3.63, 3.8) is 0 Å². The van der Waals surface area contributed by atoms with Crippen LogP contribution in [-0.2, 0) is 4.74 Å². The first-order valence-corrected chi connectivity index (χ1v) is 14.3. The van der Waals surface area contributed by atoms with Gasteiger partial charge in [-0.25, -0.2) is 0 Å². The van der Waals surface area contributed by atoms with Crippen molar-refractivity contribution in [2.75, 3.05) is 13.2 Å². The molecule has 11 atom stereocenters. The monoisotopic (exact) mass is 458 g/mol. The molecule has 1 heterocycles. The largest absolute Gasteiger partial charge is 0.396 e. The van der Waals surface area contributed by atoms with E-state index in [9.17, 15) is 10.2 Å². The van der Waals surface area contributed by atoms with Gasteiger partial charge >= 0.3 is 0 Å². The maximum Gasteiger partial charge on any atom is 0.0919 e. The fraction of sp³-hybridized carbons (Fsp3) is 1.00. The molecule has 3 nitrogen and oxygen atoms in total. The zero-order chi connectivity index (χ0) is 23.7. The molecule has 0 bridgehead atoms.